The third-order valence-electron chi connectivity index (χ3n) is 6.40. The van der Waals surface area contributed by atoms with Gasteiger partial charge in [0, 0.05) is 11.1 Å². The van der Waals surface area contributed by atoms with Gasteiger partial charge in [-0.1, -0.05) is 48.8 Å². The molecule has 0 aliphatic heterocycles. The summed E-state index contributed by atoms with van der Waals surface area (Å²) in [4.78, 5) is 25.4. The van der Waals surface area contributed by atoms with Gasteiger partial charge < -0.3 is 5.32 Å². The van der Waals surface area contributed by atoms with Gasteiger partial charge in [-0.15, -0.1) is 0 Å². The molecule has 0 radical (unpaired) electrons. The molecule has 1 N–H and O–H groups in total. The molecule has 0 unspecified atom stereocenters. The van der Waals surface area contributed by atoms with Gasteiger partial charge in [0.2, 0.25) is 5.91 Å². The van der Waals surface area contributed by atoms with Crippen molar-refractivity contribution >= 4 is 33.3 Å². The quantitative estimate of drug-likeness (QED) is 0.804. The molecular weight excluding hydrogens is 342 g/mol. The molecule has 2 bridgehead atoms. The molecule has 3 atom stereocenters. The molecule has 1 aromatic carbocycles. The van der Waals surface area contributed by atoms with E-state index in [0.717, 1.165) is 24.1 Å². The molecule has 0 aromatic heterocycles. The average molecular weight is 364 g/mol. The summed E-state index contributed by atoms with van der Waals surface area (Å²) in [7, 11) is 0. The van der Waals surface area contributed by atoms with Crippen LogP contribution < -0.4 is 5.32 Å². The van der Waals surface area contributed by atoms with Crippen LogP contribution in [0, 0.1) is 23.2 Å². The number of anilines is 1. The minimum absolute atomic E-state index is 0.0421. The van der Waals surface area contributed by atoms with Crippen molar-refractivity contribution in [2.45, 2.75) is 45.4 Å². The number of fused-ring (bicyclic) bond motifs is 2. The number of halogens is 1. The first-order chi connectivity index (χ1) is 10.2. The second kappa shape index (κ2) is 4.67. The zero-order valence-corrected chi connectivity index (χ0v) is 15.1. The van der Waals surface area contributed by atoms with Crippen molar-refractivity contribution in [1.82, 2.24) is 0 Å². The van der Waals surface area contributed by atoms with Crippen LogP contribution in [0.3, 0.4) is 0 Å². The van der Waals surface area contributed by atoms with Crippen LogP contribution in [-0.4, -0.2) is 16.5 Å². The van der Waals surface area contributed by atoms with Crippen molar-refractivity contribution in [2.24, 2.45) is 16.2 Å². The Hall–Kier alpha value is -1.16. The molecule has 1 aromatic rings. The van der Waals surface area contributed by atoms with Crippen molar-refractivity contribution in [1.29, 1.82) is 0 Å². The van der Waals surface area contributed by atoms with Crippen molar-refractivity contribution in [2.75, 3.05) is 5.32 Å². The number of alkyl halides is 1. The number of amides is 1. The minimum Gasteiger partial charge on any atom is -0.326 e. The molecule has 0 saturated heterocycles. The van der Waals surface area contributed by atoms with E-state index in [1.807, 2.05) is 38.1 Å². The fourth-order valence-corrected chi connectivity index (χ4v) is 5.93. The van der Waals surface area contributed by atoms with Gasteiger partial charge in [0.05, 0.1) is 10.2 Å². The highest BCUT2D eigenvalue weighted by molar-refractivity contribution is 9.10. The Balaban J connectivity index is 1.99. The Morgan fingerprint density at radius 1 is 1.27 bits per heavy atom. The average Bonchev–Trinajstić information content (AvgIpc) is 2.71. The van der Waals surface area contributed by atoms with E-state index in [9.17, 15) is 9.59 Å². The number of ketones is 1. The van der Waals surface area contributed by atoms with Gasteiger partial charge in [-0.2, -0.15) is 0 Å². The number of nitrogens with one attached hydrogen (secondary N) is 1. The second-order valence-electron chi connectivity index (χ2n) is 7.48. The summed E-state index contributed by atoms with van der Waals surface area (Å²) in [5, 5.41) is 3.05. The highest BCUT2D eigenvalue weighted by atomic mass is 79.9. The highest BCUT2D eigenvalue weighted by Gasteiger charge is 2.76. The van der Waals surface area contributed by atoms with Crippen LogP contribution in [0.4, 0.5) is 5.69 Å². The predicted molar refractivity (Wildman–Crippen MR) is 91.1 cm³/mol. The Morgan fingerprint density at radius 3 is 2.50 bits per heavy atom. The lowest BCUT2D eigenvalue weighted by Gasteiger charge is -2.39. The van der Waals surface area contributed by atoms with Gasteiger partial charge in [0.15, 0.2) is 5.78 Å². The molecule has 118 valence electrons. The molecule has 2 aliphatic rings. The smallest absolute Gasteiger partial charge is 0.232 e. The molecule has 2 aliphatic carbocycles. The number of Topliss-reactive ketones (excluding diaryl/α,β-unsaturated/α-hetero) is 1. The van der Waals surface area contributed by atoms with Crippen LogP contribution >= 0.6 is 15.9 Å². The normalized spacial score (nSPS) is 35.7. The van der Waals surface area contributed by atoms with Crippen LogP contribution in [0.15, 0.2) is 24.3 Å². The van der Waals surface area contributed by atoms with Gasteiger partial charge in [-0.3, -0.25) is 9.59 Å². The molecular formula is C18H22BrNO2. The SMILES string of the molecule is Cc1cccc(NC(=O)[C@]23CC[C@](C)(C(=O)[C@@H]2Br)C3(C)C)c1. The van der Waals surface area contributed by atoms with Gasteiger partial charge in [-0.25, -0.2) is 0 Å². The van der Waals surface area contributed by atoms with Crippen molar-refractivity contribution in [3.63, 3.8) is 0 Å². The molecule has 2 saturated carbocycles. The van der Waals surface area contributed by atoms with Gasteiger partial charge in [-0.05, 0) is 42.9 Å². The third kappa shape index (κ3) is 1.67. The Labute approximate surface area is 140 Å². The molecule has 3 rings (SSSR count). The molecule has 1 amide bonds. The zero-order valence-electron chi connectivity index (χ0n) is 13.5. The molecule has 3 nitrogen and oxygen atoms in total. The predicted octanol–water partition coefficient (Wildman–Crippen LogP) is 4.09. The van der Waals surface area contributed by atoms with E-state index in [1.165, 1.54) is 0 Å². The molecule has 22 heavy (non-hydrogen) atoms. The van der Waals surface area contributed by atoms with Crippen molar-refractivity contribution in [3.8, 4) is 0 Å². The van der Waals surface area contributed by atoms with Gasteiger partial charge >= 0.3 is 0 Å². The Morgan fingerprint density at radius 2 is 1.95 bits per heavy atom. The zero-order chi connectivity index (χ0) is 16.3. The lowest BCUT2D eigenvalue weighted by atomic mass is 9.64. The number of benzene rings is 1. The van der Waals surface area contributed by atoms with E-state index in [-0.39, 0.29) is 17.1 Å². The fourth-order valence-electron chi connectivity index (χ4n) is 4.42. The summed E-state index contributed by atoms with van der Waals surface area (Å²) < 4.78 is 0. The van der Waals surface area contributed by atoms with Crippen LogP contribution in [-0.2, 0) is 9.59 Å². The molecule has 4 heteroatoms. The highest BCUT2D eigenvalue weighted by Crippen LogP contribution is 2.72. The number of aryl methyl sites for hydroxylation is 1. The maximum atomic E-state index is 13.1. The summed E-state index contributed by atoms with van der Waals surface area (Å²) in [6, 6.07) is 7.77. The van der Waals surface area contributed by atoms with E-state index >= 15 is 0 Å². The first kappa shape index (κ1) is 15.7. The summed E-state index contributed by atoms with van der Waals surface area (Å²) in [5.74, 6) is 0.127. The molecule has 0 spiro atoms. The number of carbonyl (C=O) groups excluding carboxylic acids is 2. The standard InChI is InChI=1S/C18H22BrNO2/c1-11-6-5-7-12(10-11)20-15(22)18-9-8-17(4,16(18,2)3)14(21)13(18)19/h5-7,10,13H,8-9H2,1-4H3,(H,20,22)/t13-,17+,18-/m0/s1. The third-order valence-corrected chi connectivity index (χ3v) is 7.60. The van der Waals surface area contributed by atoms with Crippen LogP contribution in [0.5, 0.6) is 0 Å². The minimum atomic E-state index is -0.678. The Kier molecular flexibility index (Phi) is 3.34. The monoisotopic (exact) mass is 363 g/mol. The topological polar surface area (TPSA) is 46.2 Å². The lowest BCUT2D eigenvalue weighted by Crippen LogP contribution is -2.47. The summed E-state index contributed by atoms with van der Waals surface area (Å²) in [6.45, 7) is 8.14. The van der Waals surface area contributed by atoms with E-state index < -0.39 is 15.7 Å². The Bertz CT molecular complexity index is 669. The van der Waals surface area contributed by atoms with Crippen LogP contribution in [0.25, 0.3) is 0 Å². The largest absolute Gasteiger partial charge is 0.326 e. The van der Waals surface area contributed by atoms with Crippen LogP contribution in [0.2, 0.25) is 0 Å². The van der Waals surface area contributed by atoms with Gasteiger partial charge in [0.25, 0.3) is 0 Å². The number of carbonyl (C=O) groups is 2. The fraction of sp³-hybridized carbons (Fsp3) is 0.556. The number of hydrogen-bond acceptors (Lipinski definition) is 2. The summed E-state index contributed by atoms with van der Waals surface area (Å²) >= 11 is 3.55. The summed E-state index contributed by atoms with van der Waals surface area (Å²) in [6.07, 6.45) is 1.53. The van der Waals surface area contributed by atoms with Gasteiger partial charge in [0.1, 0.15) is 0 Å². The molecule has 2 fully saturated rings. The van der Waals surface area contributed by atoms with E-state index in [4.69, 9.17) is 0 Å². The van der Waals surface area contributed by atoms with Crippen LogP contribution in [0.1, 0.15) is 39.2 Å². The maximum Gasteiger partial charge on any atom is 0.232 e. The lowest BCUT2D eigenvalue weighted by molar-refractivity contribution is -0.130. The van der Waals surface area contributed by atoms with Crippen molar-refractivity contribution in [3.05, 3.63) is 29.8 Å². The van der Waals surface area contributed by atoms with E-state index in [1.54, 1.807) is 0 Å². The maximum absolute atomic E-state index is 13.1. The van der Waals surface area contributed by atoms with E-state index in [0.29, 0.717) is 0 Å². The number of hydrogen-bond donors (Lipinski definition) is 1. The second-order valence-corrected chi connectivity index (χ2v) is 8.39. The van der Waals surface area contributed by atoms with Crippen molar-refractivity contribution < 1.29 is 9.59 Å². The molecule has 0 heterocycles. The van der Waals surface area contributed by atoms with E-state index in [2.05, 4.69) is 35.1 Å². The first-order valence-corrected chi connectivity index (χ1v) is 8.65. The first-order valence-electron chi connectivity index (χ1n) is 7.73. The number of rotatable bonds is 2. The summed E-state index contributed by atoms with van der Waals surface area (Å²) in [5.41, 5.74) is 0.430.